The van der Waals surface area contributed by atoms with E-state index in [1.165, 1.54) is 4.90 Å². The number of hydrogen-bond acceptors (Lipinski definition) is 4. The zero-order valence-electron chi connectivity index (χ0n) is 11.5. The number of hydrogen-bond donors (Lipinski definition) is 2. The highest BCUT2D eigenvalue weighted by molar-refractivity contribution is 7.99. The Balaban J connectivity index is 1.62. The van der Waals surface area contributed by atoms with Crippen molar-refractivity contribution >= 4 is 17.7 Å². The van der Waals surface area contributed by atoms with Crippen LogP contribution in [0.4, 0.5) is 0 Å². The molecule has 0 spiro atoms. The van der Waals surface area contributed by atoms with Crippen LogP contribution in [0, 0.1) is 0 Å². The average molecular weight is 303 g/mol. The first-order chi connectivity index (χ1) is 10.2. The molecule has 0 aliphatic carbocycles. The molecule has 0 unspecified atom stereocenters. The Morgan fingerprint density at radius 3 is 3.00 bits per heavy atom. The van der Waals surface area contributed by atoms with E-state index in [0.717, 1.165) is 23.7 Å². The van der Waals surface area contributed by atoms with Gasteiger partial charge in [0, 0.05) is 30.2 Å². The molecule has 1 atom stereocenters. The monoisotopic (exact) mass is 303 g/mol. The van der Waals surface area contributed by atoms with Gasteiger partial charge in [0.2, 0.25) is 0 Å². The molecule has 2 aromatic rings. The lowest BCUT2D eigenvalue weighted by Crippen LogP contribution is -2.46. The van der Waals surface area contributed by atoms with Crippen molar-refractivity contribution < 1.29 is 9.90 Å². The number of H-pyrrole nitrogens is 1. The molecule has 21 heavy (non-hydrogen) atoms. The summed E-state index contributed by atoms with van der Waals surface area (Å²) in [7, 11) is 0. The Bertz CT molecular complexity index is 614. The summed E-state index contributed by atoms with van der Waals surface area (Å²) in [6.45, 7) is 1.37. The van der Waals surface area contributed by atoms with Crippen LogP contribution in [0.15, 0.2) is 41.6 Å². The minimum absolute atomic E-state index is 0.475. The number of nitrogens with one attached hydrogen (secondary N) is 1. The zero-order valence-corrected chi connectivity index (χ0v) is 12.3. The summed E-state index contributed by atoms with van der Waals surface area (Å²) in [6.07, 6.45) is 2.12. The smallest absolute Gasteiger partial charge is 0.321 e. The van der Waals surface area contributed by atoms with Gasteiger partial charge < -0.3 is 10.1 Å². The normalized spacial score (nSPS) is 18.4. The van der Waals surface area contributed by atoms with Gasteiger partial charge in [-0.2, -0.15) is 0 Å². The predicted molar refractivity (Wildman–Crippen MR) is 81.3 cm³/mol. The number of imidazole rings is 1. The highest BCUT2D eigenvalue weighted by Gasteiger charge is 2.32. The second kappa shape index (κ2) is 6.32. The van der Waals surface area contributed by atoms with E-state index in [2.05, 4.69) is 22.1 Å². The molecule has 5 nitrogen and oxygen atoms in total. The largest absolute Gasteiger partial charge is 0.480 e. The second-order valence-corrected chi connectivity index (χ2v) is 6.19. The van der Waals surface area contributed by atoms with Crippen LogP contribution in [0.1, 0.15) is 11.4 Å². The maximum absolute atomic E-state index is 11.4. The van der Waals surface area contributed by atoms with Crippen molar-refractivity contribution in [2.75, 3.05) is 12.3 Å². The molecule has 0 bridgehead atoms. The van der Waals surface area contributed by atoms with Gasteiger partial charge in [-0.3, -0.25) is 9.69 Å². The highest BCUT2D eigenvalue weighted by atomic mass is 32.2. The molecule has 2 heterocycles. The second-order valence-electron chi connectivity index (χ2n) is 5.02. The van der Waals surface area contributed by atoms with E-state index in [1.54, 1.807) is 18.1 Å². The summed E-state index contributed by atoms with van der Waals surface area (Å²) in [5.41, 5.74) is 1.92. The number of carboxylic acid groups (broad SMARTS) is 1. The highest BCUT2D eigenvalue weighted by Crippen LogP contribution is 2.23. The van der Waals surface area contributed by atoms with Crippen molar-refractivity contribution in [2.45, 2.75) is 23.9 Å². The van der Waals surface area contributed by atoms with Crippen LogP contribution < -0.4 is 0 Å². The Morgan fingerprint density at radius 1 is 1.43 bits per heavy atom. The maximum Gasteiger partial charge on any atom is 0.321 e. The SMILES string of the molecule is O=C(O)[C@H]1Cc2nc[nH]c2CN1CCSc1ccccc1. The number of aromatic nitrogens is 2. The predicted octanol–water partition coefficient (Wildman–Crippen LogP) is 2.01. The molecule has 0 fully saturated rings. The number of benzene rings is 1. The summed E-state index contributed by atoms with van der Waals surface area (Å²) >= 11 is 1.75. The van der Waals surface area contributed by atoms with Crippen LogP contribution in [-0.2, 0) is 17.8 Å². The van der Waals surface area contributed by atoms with Gasteiger partial charge in [0.25, 0.3) is 0 Å². The standard InChI is InChI=1S/C15H17N3O2S/c19-15(20)14-8-12-13(17-10-16-12)9-18(14)6-7-21-11-4-2-1-3-5-11/h1-5,10,14H,6-9H2,(H,16,17)(H,19,20)/t14-/m1/s1. The number of thioether (sulfide) groups is 1. The third kappa shape index (κ3) is 3.28. The Hall–Kier alpha value is -1.79. The van der Waals surface area contributed by atoms with Gasteiger partial charge in [0.1, 0.15) is 6.04 Å². The summed E-state index contributed by atoms with van der Waals surface area (Å²) in [4.78, 5) is 22.0. The van der Waals surface area contributed by atoms with Crippen LogP contribution in [0.25, 0.3) is 0 Å². The Kier molecular flexibility index (Phi) is 4.26. The zero-order chi connectivity index (χ0) is 14.7. The third-order valence-electron chi connectivity index (χ3n) is 3.67. The molecule has 1 aliphatic rings. The summed E-state index contributed by atoms with van der Waals surface area (Å²) in [6, 6.07) is 9.69. The molecule has 0 saturated carbocycles. The summed E-state index contributed by atoms with van der Waals surface area (Å²) in [5.74, 6) is 0.102. The van der Waals surface area contributed by atoms with Gasteiger partial charge in [-0.1, -0.05) is 18.2 Å². The van der Waals surface area contributed by atoms with Crippen molar-refractivity contribution in [1.82, 2.24) is 14.9 Å². The van der Waals surface area contributed by atoms with Crippen LogP contribution in [0.3, 0.4) is 0 Å². The van der Waals surface area contributed by atoms with Crippen molar-refractivity contribution in [2.24, 2.45) is 0 Å². The number of carboxylic acids is 1. The molecule has 0 amide bonds. The number of fused-ring (bicyclic) bond motifs is 1. The lowest BCUT2D eigenvalue weighted by Gasteiger charge is -2.32. The molecule has 6 heteroatoms. The van der Waals surface area contributed by atoms with Gasteiger partial charge in [0.15, 0.2) is 0 Å². The topological polar surface area (TPSA) is 69.2 Å². The summed E-state index contributed by atoms with van der Waals surface area (Å²) in [5, 5.41) is 9.40. The molecular formula is C15H17N3O2S. The third-order valence-corrected chi connectivity index (χ3v) is 4.66. The van der Waals surface area contributed by atoms with Gasteiger partial charge in [-0.05, 0) is 12.1 Å². The minimum atomic E-state index is -0.770. The van der Waals surface area contributed by atoms with Crippen molar-refractivity contribution in [1.29, 1.82) is 0 Å². The number of carbonyl (C=O) groups is 1. The fourth-order valence-corrected chi connectivity index (χ4v) is 3.47. The first-order valence-corrected chi connectivity index (χ1v) is 7.88. The maximum atomic E-state index is 11.4. The molecule has 1 aromatic heterocycles. The lowest BCUT2D eigenvalue weighted by atomic mass is 10.0. The fourth-order valence-electron chi connectivity index (χ4n) is 2.56. The van der Waals surface area contributed by atoms with E-state index in [-0.39, 0.29) is 0 Å². The fraction of sp³-hybridized carbons (Fsp3) is 0.333. The minimum Gasteiger partial charge on any atom is -0.480 e. The number of nitrogens with zero attached hydrogens (tertiary/aromatic N) is 2. The van der Waals surface area contributed by atoms with Gasteiger partial charge in [-0.25, -0.2) is 4.98 Å². The van der Waals surface area contributed by atoms with E-state index in [4.69, 9.17) is 0 Å². The summed E-state index contributed by atoms with van der Waals surface area (Å²) < 4.78 is 0. The molecular weight excluding hydrogens is 286 g/mol. The molecule has 110 valence electrons. The molecule has 2 N–H and O–H groups in total. The van der Waals surface area contributed by atoms with Gasteiger partial charge in [0.05, 0.1) is 17.7 Å². The molecule has 0 radical (unpaired) electrons. The average Bonchev–Trinajstić information content (AvgIpc) is 2.94. The van der Waals surface area contributed by atoms with Crippen LogP contribution in [-0.4, -0.2) is 44.3 Å². The van der Waals surface area contributed by atoms with Crippen LogP contribution in [0.5, 0.6) is 0 Å². The van der Waals surface area contributed by atoms with Crippen LogP contribution in [0.2, 0.25) is 0 Å². The van der Waals surface area contributed by atoms with Gasteiger partial charge in [-0.15, -0.1) is 11.8 Å². The number of rotatable bonds is 5. The van der Waals surface area contributed by atoms with Gasteiger partial charge >= 0.3 is 5.97 Å². The lowest BCUT2D eigenvalue weighted by molar-refractivity contribution is -0.143. The quantitative estimate of drug-likeness (QED) is 0.827. The van der Waals surface area contributed by atoms with E-state index < -0.39 is 12.0 Å². The van der Waals surface area contributed by atoms with Crippen molar-refractivity contribution in [3.8, 4) is 0 Å². The van der Waals surface area contributed by atoms with E-state index in [1.807, 2.05) is 23.1 Å². The molecule has 0 saturated heterocycles. The van der Waals surface area contributed by atoms with Crippen molar-refractivity contribution in [3.63, 3.8) is 0 Å². The molecule has 3 rings (SSSR count). The Labute approximate surface area is 127 Å². The van der Waals surface area contributed by atoms with Crippen molar-refractivity contribution in [3.05, 3.63) is 48.0 Å². The van der Waals surface area contributed by atoms with Crippen LogP contribution >= 0.6 is 11.8 Å². The molecule has 1 aliphatic heterocycles. The Morgan fingerprint density at radius 2 is 2.24 bits per heavy atom. The van der Waals surface area contributed by atoms with E-state index in [9.17, 15) is 9.90 Å². The van der Waals surface area contributed by atoms with E-state index >= 15 is 0 Å². The number of aromatic amines is 1. The first kappa shape index (κ1) is 14.2. The molecule has 1 aromatic carbocycles. The van der Waals surface area contributed by atoms with E-state index in [0.29, 0.717) is 13.0 Å². The first-order valence-electron chi connectivity index (χ1n) is 6.90. The number of aliphatic carboxylic acids is 1.